The summed E-state index contributed by atoms with van der Waals surface area (Å²) in [4.78, 5) is -0.938. The summed E-state index contributed by atoms with van der Waals surface area (Å²) in [6.45, 7) is 1.33. The Morgan fingerprint density at radius 1 is 0.459 bits per heavy atom. The molecule has 0 unspecified atom stereocenters. The molecule has 2 aromatic carbocycles. The molecule has 0 bridgehead atoms. The third kappa shape index (κ3) is 9.62. The molecule has 13 nitrogen and oxygen atoms in total. The minimum atomic E-state index is -4.70. The van der Waals surface area contributed by atoms with Gasteiger partial charge in [-0.3, -0.25) is 0 Å². The van der Waals surface area contributed by atoms with Gasteiger partial charge >= 0.3 is 0 Å². The highest BCUT2D eigenvalue weighted by Gasteiger charge is 2.13. The summed E-state index contributed by atoms with van der Waals surface area (Å²) in [5, 5.41) is 0. The first kappa shape index (κ1) is 28.9. The Morgan fingerprint density at radius 2 is 0.757 bits per heavy atom. The average Bonchev–Trinajstić information content (AvgIpc) is 2.83. The maximum atomic E-state index is 11.4. The quantitative estimate of drug-likeness (QED) is 0.469. The molecular formula is C22H26O13S2-2. The zero-order valence-electron chi connectivity index (χ0n) is 19.7. The average molecular weight is 563 g/mol. The molecule has 2 aromatic rings. The minimum absolute atomic E-state index is 0.00910. The van der Waals surface area contributed by atoms with Crippen LogP contribution in [-0.4, -0.2) is 92.0 Å². The van der Waals surface area contributed by atoms with Crippen LogP contribution in [0.3, 0.4) is 0 Å². The first-order valence-electron chi connectivity index (χ1n) is 11.1. The van der Waals surface area contributed by atoms with E-state index in [0.29, 0.717) is 0 Å². The maximum Gasteiger partial charge on any atom is 0.162 e. The van der Waals surface area contributed by atoms with Crippen molar-refractivity contribution in [1.29, 1.82) is 0 Å². The van der Waals surface area contributed by atoms with Crippen LogP contribution >= 0.6 is 0 Å². The van der Waals surface area contributed by atoms with Crippen molar-refractivity contribution in [2.24, 2.45) is 0 Å². The van der Waals surface area contributed by atoms with Gasteiger partial charge < -0.3 is 42.3 Å². The molecule has 1 aliphatic rings. The van der Waals surface area contributed by atoms with Gasteiger partial charge in [0.05, 0.1) is 49.4 Å². The second-order valence-electron chi connectivity index (χ2n) is 7.36. The zero-order chi connectivity index (χ0) is 26.7. The molecule has 1 aliphatic heterocycles. The first-order valence-corrected chi connectivity index (χ1v) is 13.9. The lowest BCUT2D eigenvalue weighted by Gasteiger charge is -2.16. The Labute approximate surface area is 214 Å². The predicted molar refractivity (Wildman–Crippen MR) is 123 cm³/mol. The van der Waals surface area contributed by atoms with Crippen LogP contribution in [0.5, 0.6) is 23.0 Å². The Bertz CT molecular complexity index is 1130. The summed E-state index contributed by atoms with van der Waals surface area (Å²) in [5.74, 6) is 0.533. The lowest BCUT2D eigenvalue weighted by Crippen LogP contribution is -2.14. The van der Waals surface area contributed by atoms with Gasteiger partial charge in [-0.1, -0.05) is 0 Å². The van der Waals surface area contributed by atoms with Crippen LogP contribution in [0.4, 0.5) is 0 Å². The fraction of sp³-hybridized carbons (Fsp3) is 0.455. The number of ether oxygens (including phenoxy) is 7. The van der Waals surface area contributed by atoms with E-state index in [-0.39, 0.29) is 89.1 Å². The molecule has 15 heteroatoms. The summed E-state index contributed by atoms with van der Waals surface area (Å²) in [6.07, 6.45) is 0. The predicted octanol–water partition coefficient (Wildman–Crippen LogP) is 0.774. The Hall–Kier alpha value is -2.66. The molecular weight excluding hydrogens is 536 g/mol. The molecule has 0 N–H and O–H groups in total. The van der Waals surface area contributed by atoms with Crippen molar-refractivity contribution in [3.63, 3.8) is 0 Å². The summed E-state index contributed by atoms with van der Waals surface area (Å²) in [5.41, 5.74) is 0. The van der Waals surface area contributed by atoms with Gasteiger partial charge in [0, 0.05) is 12.1 Å². The number of hydrogen-bond acceptors (Lipinski definition) is 13. The SMILES string of the molecule is O=S(=O)([O-])c1ccc2c(c1)OCCOCCOc1cc(S(=O)(=O)[O-])ccc1OCCOCCOCCO2. The number of fused-ring (bicyclic) bond motifs is 2. The molecule has 0 spiro atoms. The van der Waals surface area contributed by atoms with Crippen molar-refractivity contribution >= 4 is 20.2 Å². The van der Waals surface area contributed by atoms with Crippen LogP contribution in [0.25, 0.3) is 0 Å². The van der Waals surface area contributed by atoms with Gasteiger partial charge in [0.15, 0.2) is 23.0 Å². The Morgan fingerprint density at radius 3 is 1.08 bits per heavy atom. The van der Waals surface area contributed by atoms with Crippen molar-refractivity contribution < 1.29 is 59.1 Å². The van der Waals surface area contributed by atoms with E-state index >= 15 is 0 Å². The summed E-state index contributed by atoms with van der Waals surface area (Å²) in [7, 11) is -9.40. The zero-order valence-corrected chi connectivity index (χ0v) is 21.3. The van der Waals surface area contributed by atoms with Crippen molar-refractivity contribution in [3.05, 3.63) is 36.4 Å². The lowest BCUT2D eigenvalue weighted by molar-refractivity contribution is 0.0268. The third-order valence-electron chi connectivity index (χ3n) is 4.72. The highest BCUT2D eigenvalue weighted by molar-refractivity contribution is 7.86. The normalized spacial score (nSPS) is 17.4. The minimum Gasteiger partial charge on any atom is -0.744 e. The fourth-order valence-electron chi connectivity index (χ4n) is 3.02. The van der Waals surface area contributed by atoms with E-state index in [4.69, 9.17) is 33.2 Å². The van der Waals surface area contributed by atoms with Crippen molar-refractivity contribution in [2.75, 3.05) is 66.1 Å². The third-order valence-corrected chi connectivity index (χ3v) is 6.38. The van der Waals surface area contributed by atoms with Gasteiger partial charge in [-0.25, -0.2) is 16.8 Å². The standard InChI is InChI=1S/C22H28O13S2/c23-36(24,25)17-1-3-19-21(15-17)34-13-9-31-10-14-35-22-16-18(37(26,27)28)2-4-20(22)33-12-8-30-6-5-29-7-11-32-19/h1-4,15-16H,5-14H2,(H,23,24,25)(H,26,27,28)/p-2. The molecule has 3 rings (SSSR count). The van der Waals surface area contributed by atoms with E-state index in [1.165, 1.54) is 12.1 Å². The number of rotatable bonds is 2. The highest BCUT2D eigenvalue weighted by atomic mass is 32.2. The molecule has 0 radical (unpaired) electrons. The van der Waals surface area contributed by atoms with Gasteiger partial charge in [-0.05, 0) is 24.3 Å². The maximum absolute atomic E-state index is 11.4. The Balaban J connectivity index is 1.67. The second-order valence-corrected chi connectivity index (χ2v) is 10.1. The topological polar surface area (TPSA) is 179 Å². The summed E-state index contributed by atoms with van der Waals surface area (Å²) >= 11 is 0. The van der Waals surface area contributed by atoms with Gasteiger partial charge in [0.25, 0.3) is 0 Å². The fourth-order valence-corrected chi connectivity index (χ4v) is 3.99. The van der Waals surface area contributed by atoms with E-state index in [0.717, 1.165) is 24.3 Å². The van der Waals surface area contributed by atoms with Crippen LogP contribution in [0, 0.1) is 0 Å². The Kier molecular flexibility index (Phi) is 10.7. The lowest BCUT2D eigenvalue weighted by atomic mass is 10.3. The van der Waals surface area contributed by atoms with E-state index < -0.39 is 30.0 Å². The largest absolute Gasteiger partial charge is 0.744 e. The molecule has 0 aliphatic carbocycles. The summed E-state index contributed by atoms with van der Waals surface area (Å²) < 4.78 is 107. The van der Waals surface area contributed by atoms with E-state index in [1.807, 2.05) is 0 Å². The molecule has 0 saturated heterocycles. The van der Waals surface area contributed by atoms with E-state index in [1.54, 1.807) is 0 Å². The van der Waals surface area contributed by atoms with Crippen molar-refractivity contribution in [3.8, 4) is 23.0 Å². The molecule has 1 heterocycles. The molecule has 0 amide bonds. The smallest absolute Gasteiger partial charge is 0.162 e. The molecule has 0 fully saturated rings. The molecule has 37 heavy (non-hydrogen) atoms. The van der Waals surface area contributed by atoms with E-state index in [9.17, 15) is 25.9 Å². The van der Waals surface area contributed by atoms with Crippen LogP contribution in [0.15, 0.2) is 46.2 Å². The molecule has 0 aromatic heterocycles. The second kappa shape index (κ2) is 13.8. The van der Waals surface area contributed by atoms with E-state index in [2.05, 4.69) is 0 Å². The van der Waals surface area contributed by atoms with Crippen molar-refractivity contribution in [1.82, 2.24) is 0 Å². The number of hydrogen-bond donors (Lipinski definition) is 0. The first-order chi connectivity index (χ1) is 17.6. The van der Waals surface area contributed by atoms with Crippen LogP contribution in [0.1, 0.15) is 0 Å². The molecule has 0 atom stereocenters. The van der Waals surface area contributed by atoms with Gasteiger partial charge in [0.1, 0.15) is 46.7 Å². The van der Waals surface area contributed by atoms with Crippen LogP contribution < -0.4 is 18.9 Å². The van der Waals surface area contributed by atoms with Gasteiger partial charge in [-0.15, -0.1) is 0 Å². The highest BCUT2D eigenvalue weighted by Crippen LogP contribution is 2.31. The van der Waals surface area contributed by atoms with Gasteiger partial charge in [0.2, 0.25) is 0 Å². The molecule has 206 valence electrons. The summed E-state index contributed by atoms with van der Waals surface area (Å²) in [6, 6.07) is 7.03. The van der Waals surface area contributed by atoms with Crippen LogP contribution in [-0.2, 0) is 34.4 Å². The van der Waals surface area contributed by atoms with Gasteiger partial charge in [-0.2, -0.15) is 0 Å². The molecule has 0 saturated carbocycles. The number of benzene rings is 2. The monoisotopic (exact) mass is 562 g/mol. The van der Waals surface area contributed by atoms with Crippen LogP contribution in [0.2, 0.25) is 0 Å². The van der Waals surface area contributed by atoms with Crippen molar-refractivity contribution in [2.45, 2.75) is 9.79 Å².